The van der Waals surface area contributed by atoms with Gasteiger partial charge in [0.25, 0.3) is 0 Å². The van der Waals surface area contributed by atoms with Crippen LogP contribution in [-0.2, 0) is 11.3 Å². The molecule has 4 nitrogen and oxygen atoms in total. The molecule has 0 aliphatic carbocycles. The standard InChI is InChI=1S/C19H30N2O2/c1-14(2)18(22)11-19(23)20-17-8-6-16(7-9-17)13-21-10-4-5-15(3)12-21/h6-9,14-15,18,22H,4-5,10-13H2,1-3H3,(H,20,23). The lowest BCUT2D eigenvalue weighted by molar-refractivity contribution is -0.118. The molecule has 2 N–H and O–H groups in total. The van der Waals surface area contributed by atoms with Crippen LogP contribution in [0.3, 0.4) is 0 Å². The van der Waals surface area contributed by atoms with Crippen LogP contribution >= 0.6 is 0 Å². The summed E-state index contributed by atoms with van der Waals surface area (Å²) >= 11 is 0. The molecule has 0 radical (unpaired) electrons. The zero-order chi connectivity index (χ0) is 16.8. The minimum Gasteiger partial charge on any atom is -0.392 e. The van der Waals surface area contributed by atoms with E-state index in [9.17, 15) is 9.90 Å². The van der Waals surface area contributed by atoms with Gasteiger partial charge in [0.2, 0.25) is 5.91 Å². The van der Waals surface area contributed by atoms with Gasteiger partial charge in [-0.3, -0.25) is 9.69 Å². The van der Waals surface area contributed by atoms with Gasteiger partial charge in [-0.05, 0) is 48.9 Å². The number of amides is 1. The number of anilines is 1. The Balaban J connectivity index is 1.83. The Morgan fingerprint density at radius 2 is 2.04 bits per heavy atom. The maximum atomic E-state index is 11.9. The first-order chi connectivity index (χ1) is 10.9. The van der Waals surface area contributed by atoms with E-state index in [2.05, 4.69) is 29.3 Å². The van der Waals surface area contributed by atoms with Crippen molar-refractivity contribution in [1.82, 2.24) is 4.90 Å². The van der Waals surface area contributed by atoms with E-state index in [1.54, 1.807) is 0 Å². The lowest BCUT2D eigenvalue weighted by atomic mass is 10.00. The number of piperidine rings is 1. The largest absolute Gasteiger partial charge is 0.392 e. The Morgan fingerprint density at radius 3 is 2.65 bits per heavy atom. The number of hydrogen-bond acceptors (Lipinski definition) is 3. The smallest absolute Gasteiger partial charge is 0.226 e. The van der Waals surface area contributed by atoms with Crippen molar-refractivity contribution in [1.29, 1.82) is 0 Å². The molecule has 0 saturated carbocycles. The molecule has 1 aliphatic rings. The molecular weight excluding hydrogens is 288 g/mol. The van der Waals surface area contributed by atoms with E-state index in [1.807, 2.05) is 26.0 Å². The molecule has 1 aromatic carbocycles. The Bertz CT molecular complexity index is 499. The lowest BCUT2D eigenvalue weighted by Gasteiger charge is -2.30. The van der Waals surface area contributed by atoms with Gasteiger partial charge < -0.3 is 10.4 Å². The molecule has 1 amide bonds. The van der Waals surface area contributed by atoms with Crippen molar-refractivity contribution in [2.75, 3.05) is 18.4 Å². The van der Waals surface area contributed by atoms with E-state index in [0.717, 1.165) is 18.2 Å². The van der Waals surface area contributed by atoms with Crippen LogP contribution in [0.4, 0.5) is 5.69 Å². The molecule has 4 heteroatoms. The van der Waals surface area contributed by atoms with Crippen LogP contribution in [0.2, 0.25) is 0 Å². The normalized spacial score (nSPS) is 20.5. The van der Waals surface area contributed by atoms with Crippen molar-refractivity contribution in [3.63, 3.8) is 0 Å². The van der Waals surface area contributed by atoms with Crippen molar-refractivity contribution < 1.29 is 9.90 Å². The quantitative estimate of drug-likeness (QED) is 0.846. The number of aliphatic hydroxyl groups is 1. The number of rotatable bonds is 6. The average molecular weight is 318 g/mol. The maximum Gasteiger partial charge on any atom is 0.226 e. The number of nitrogens with zero attached hydrogens (tertiary/aromatic N) is 1. The summed E-state index contributed by atoms with van der Waals surface area (Å²) in [5.41, 5.74) is 2.07. The summed E-state index contributed by atoms with van der Waals surface area (Å²) in [5, 5.41) is 12.6. The van der Waals surface area contributed by atoms with Crippen molar-refractivity contribution in [2.45, 2.75) is 52.7 Å². The second-order valence-corrected chi connectivity index (χ2v) is 7.24. The predicted octanol–water partition coefficient (Wildman–Crippen LogP) is 3.26. The molecule has 2 atom stereocenters. The molecule has 2 unspecified atom stereocenters. The van der Waals surface area contributed by atoms with Gasteiger partial charge in [-0.1, -0.05) is 32.9 Å². The van der Waals surface area contributed by atoms with Crippen LogP contribution in [0.25, 0.3) is 0 Å². The van der Waals surface area contributed by atoms with Crippen LogP contribution in [-0.4, -0.2) is 35.1 Å². The average Bonchev–Trinajstić information content (AvgIpc) is 2.49. The van der Waals surface area contributed by atoms with Gasteiger partial charge in [-0.25, -0.2) is 0 Å². The highest BCUT2D eigenvalue weighted by Crippen LogP contribution is 2.19. The molecule has 1 fully saturated rings. The van der Waals surface area contributed by atoms with Gasteiger partial charge >= 0.3 is 0 Å². The third-order valence-electron chi connectivity index (χ3n) is 4.55. The van der Waals surface area contributed by atoms with Crippen molar-refractivity contribution in [2.24, 2.45) is 11.8 Å². The van der Waals surface area contributed by atoms with Gasteiger partial charge in [0.1, 0.15) is 0 Å². The second-order valence-electron chi connectivity index (χ2n) is 7.24. The highest BCUT2D eigenvalue weighted by Gasteiger charge is 2.16. The fourth-order valence-corrected chi connectivity index (χ4v) is 3.02. The predicted molar refractivity (Wildman–Crippen MR) is 94.2 cm³/mol. The molecule has 1 aromatic rings. The van der Waals surface area contributed by atoms with Gasteiger partial charge in [-0.2, -0.15) is 0 Å². The third-order valence-corrected chi connectivity index (χ3v) is 4.55. The number of benzene rings is 1. The second kappa shape index (κ2) is 8.46. The van der Waals surface area contributed by atoms with Crippen molar-refractivity contribution in [3.8, 4) is 0 Å². The van der Waals surface area contributed by atoms with E-state index in [0.29, 0.717) is 0 Å². The summed E-state index contributed by atoms with van der Waals surface area (Å²) in [7, 11) is 0. The number of nitrogens with one attached hydrogen (secondary N) is 1. The molecule has 23 heavy (non-hydrogen) atoms. The minimum absolute atomic E-state index is 0.0926. The van der Waals surface area contributed by atoms with Gasteiger partial charge in [-0.15, -0.1) is 0 Å². The molecule has 1 saturated heterocycles. The summed E-state index contributed by atoms with van der Waals surface area (Å²) in [6.45, 7) is 9.46. The first kappa shape index (κ1) is 18.0. The van der Waals surface area contributed by atoms with Gasteiger partial charge in [0.15, 0.2) is 0 Å². The molecule has 1 heterocycles. The summed E-state index contributed by atoms with van der Waals surface area (Å²) in [6, 6.07) is 8.05. The fraction of sp³-hybridized carbons (Fsp3) is 0.632. The maximum absolute atomic E-state index is 11.9. The lowest BCUT2D eigenvalue weighted by Crippen LogP contribution is -2.33. The summed E-state index contributed by atoms with van der Waals surface area (Å²) in [5.74, 6) is 0.744. The van der Waals surface area contributed by atoms with E-state index < -0.39 is 6.10 Å². The zero-order valence-electron chi connectivity index (χ0n) is 14.6. The van der Waals surface area contributed by atoms with E-state index in [-0.39, 0.29) is 18.2 Å². The Labute approximate surface area is 139 Å². The molecule has 0 spiro atoms. The number of carbonyl (C=O) groups excluding carboxylic acids is 1. The Kier molecular flexibility index (Phi) is 6.60. The molecule has 0 aromatic heterocycles. The molecule has 0 bridgehead atoms. The van der Waals surface area contributed by atoms with Crippen LogP contribution in [0, 0.1) is 11.8 Å². The van der Waals surface area contributed by atoms with Crippen molar-refractivity contribution >= 4 is 11.6 Å². The SMILES string of the molecule is CC1CCCN(Cc2ccc(NC(=O)CC(O)C(C)C)cc2)C1. The summed E-state index contributed by atoms with van der Waals surface area (Å²) in [6.07, 6.45) is 2.18. The third kappa shape index (κ3) is 5.96. The number of likely N-dealkylation sites (tertiary alicyclic amines) is 1. The first-order valence-corrected chi connectivity index (χ1v) is 8.73. The Hall–Kier alpha value is -1.39. The number of hydrogen-bond donors (Lipinski definition) is 2. The number of aliphatic hydroxyl groups excluding tert-OH is 1. The van der Waals surface area contributed by atoms with Crippen LogP contribution in [0.5, 0.6) is 0 Å². The molecule has 2 rings (SSSR count). The van der Waals surface area contributed by atoms with Crippen LogP contribution in [0.15, 0.2) is 24.3 Å². The summed E-state index contributed by atoms with van der Waals surface area (Å²) < 4.78 is 0. The van der Waals surface area contributed by atoms with Gasteiger partial charge in [0.05, 0.1) is 12.5 Å². The van der Waals surface area contributed by atoms with E-state index in [1.165, 1.54) is 31.5 Å². The van der Waals surface area contributed by atoms with Crippen molar-refractivity contribution in [3.05, 3.63) is 29.8 Å². The molecule has 1 aliphatic heterocycles. The van der Waals surface area contributed by atoms with Gasteiger partial charge in [0, 0.05) is 18.8 Å². The summed E-state index contributed by atoms with van der Waals surface area (Å²) in [4.78, 5) is 14.4. The monoisotopic (exact) mass is 318 g/mol. The molecule has 128 valence electrons. The van der Waals surface area contributed by atoms with Crippen LogP contribution < -0.4 is 5.32 Å². The first-order valence-electron chi connectivity index (χ1n) is 8.73. The highest BCUT2D eigenvalue weighted by atomic mass is 16.3. The minimum atomic E-state index is -0.588. The highest BCUT2D eigenvalue weighted by molar-refractivity contribution is 5.91. The van der Waals surface area contributed by atoms with E-state index >= 15 is 0 Å². The van der Waals surface area contributed by atoms with E-state index in [4.69, 9.17) is 0 Å². The zero-order valence-corrected chi connectivity index (χ0v) is 14.6. The fourth-order valence-electron chi connectivity index (χ4n) is 3.02. The number of carbonyl (C=O) groups is 1. The molecular formula is C19H30N2O2. The Morgan fingerprint density at radius 1 is 1.35 bits per heavy atom. The topological polar surface area (TPSA) is 52.6 Å². The van der Waals surface area contributed by atoms with Crippen LogP contribution in [0.1, 0.15) is 45.6 Å².